The Balaban J connectivity index is 1.48. The summed E-state index contributed by atoms with van der Waals surface area (Å²) in [5.74, 6) is 0.619. The maximum absolute atomic E-state index is 12.8. The van der Waals surface area contributed by atoms with Crippen molar-refractivity contribution in [1.82, 2.24) is 15.1 Å². The highest BCUT2D eigenvalue weighted by molar-refractivity contribution is 5.83. The molecule has 0 aromatic heterocycles. The number of nitrogens with zero attached hydrogens (tertiary/aromatic N) is 2. The third kappa shape index (κ3) is 7.69. The maximum atomic E-state index is 12.8. The van der Waals surface area contributed by atoms with Gasteiger partial charge in [0.25, 0.3) is 0 Å². The summed E-state index contributed by atoms with van der Waals surface area (Å²) in [6.07, 6.45) is 5.19. The Hall–Kier alpha value is -2.66. The zero-order valence-corrected chi connectivity index (χ0v) is 20.9. The zero-order valence-electron chi connectivity index (χ0n) is 20.9. The van der Waals surface area contributed by atoms with Crippen molar-refractivity contribution >= 4 is 11.8 Å². The molecule has 3 rings (SSSR count). The van der Waals surface area contributed by atoms with E-state index in [4.69, 9.17) is 0 Å². The number of carbonyl (C=O) groups excluding carboxylic acids is 2. The van der Waals surface area contributed by atoms with E-state index in [0.29, 0.717) is 25.4 Å². The van der Waals surface area contributed by atoms with E-state index in [-0.39, 0.29) is 24.3 Å². The third-order valence-corrected chi connectivity index (χ3v) is 6.96. The highest BCUT2D eigenvalue weighted by Crippen LogP contribution is 2.29. The number of hydrogen-bond donors (Lipinski definition) is 1. The monoisotopic (exact) mass is 463 g/mol. The van der Waals surface area contributed by atoms with E-state index in [1.807, 2.05) is 17.0 Å². The molecule has 34 heavy (non-hydrogen) atoms. The topological polar surface area (TPSA) is 52.7 Å². The molecule has 1 N–H and O–H groups in total. The summed E-state index contributed by atoms with van der Waals surface area (Å²) in [5, 5.41) is 3.04. The average molecular weight is 464 g/mol. The Morgan fingerprint density at radius 3 is 1.97 bits per heavy atom. The van der Waals surface area contributed by atoms with Crippen LogP contribution in [0.3, 0.4) is 0 Å². The van der Waals surface area contributed by atoms with E-state index >= 15 is 0 Å². The van der Waals surface area contributed by atoms with Crippen LogP contribution in [0, 0.1) is 5.92 Å². The minimum Gasteiger partial charge on any atom is -0.356 e. The van der Waals surface area contributed by atoms with Gasteiger partial charge in [-0.05, 0) is 23.5 Å². The van der Waals surface area contributed by atoms with Crippen LogP contribution in [0.5, 0.6) is 0 Å². The molecule has 1 aliphatic rings. The molecule has 2 aromatic rings. The van der Waals surface area contributed by atoms with Crippen molar-refractivity contribution in [3.8, 4) is 0 Å². The predicted molar refractivity (Wildman–Crippen MR) is 138 cm³/mol. The smallest absolute Gasteiger partial charge is 0.223 e. The van der Waals surface area contributed by atoms with Crippen LogP contribution >= 0.6 is 0 Å². The Labute approximate surface area is 205 Å². The first-order chi connectivity index (χ1) is 16.6. The van der Waals surface area contributed by atoms with Gasteiger partial charge in [-0.15, -0.1) is 0 Å². The lowest BCUT2D eigenvalue weighted by atomic mass is 9.96. The van der Waals surface area contributed by atoms with Crippen LogP contribution < -0.4 is 5.32 Å². The Kier molecular flexibility index (Phi) is 10.6. The Bertz CT molecular complexity index is 824. The van der Waals surface area contributed by atoms with E-state index in [1.165, 1.54) is 24.0 Å². The van der Waals surface area contributed by atoms with E-state index in [2.05, 4.69) is 72.6 Å². The summed E-state index contributed by atoms with van der Waals surface area (Å²) in [7, 11) is 0. The fourth-order valence-electron chi connectivity index (χ4n) is 4.78. The van der Waals surface area contributed by atoms with Gasteiger partial charge in [0.05, 0.1) is 6.04 Å². The normalized spacial score (nSPS) is 15.3. The SMILES string of the molecule is CCCC[C@H](CC)CNC(=O)CCC(=O)N1CCN(C(c2ccccc2)c2ccccc2)CC1. The molecule has 2 amide bonds. The summed E-state index contributed by atoms with van der Waals surface area (Å²) in [5.41, 5.74) is 2.55. The van der Waals surface area contributed by atoms with Gasteiger partial charge in [-0.25, -0.2) is 0 Å². The fourth-order valence-corrected chi connectivity index (χ4v) is 4.78. The molecule has 0 aliphatic carbocycles. The average Bonchev–Trinajstić information content (AvgIpc) is 2.89. The van der Waals surface area contributed by atoms with Crippen LogP contribution in [0.25, 0.3) is 0 Å². The lowest BCUT2D eigenvalue weighted by Gasteiger charge is -2.39. The summed E-state index contributed by atoms with van der Waals surface area (Å²) in [6.45, 7) is 8.14. The van der Waals surface area contributed by atoms with Crippen molar-refractivity contribution in [2.24, 2.45) is 5.92 Å². The van der Waals surface area contributed by atoms with E-state index < -0.39 is 0 Å². The highest BCUT2D eigenvalue weighted by atomic mass is 16.2. The minimum absolute atomic E-state index is 0.00449. The van der Waals surface area contributed by atoms with Gasteiger partial charge in [0.15, 0.2) is 0 Å². The number of nitrogens with one attached hydrogen (secondary N) is 1. The second-order valence-corrected chi connectivity index (χ2v) is 9.36. The van der Waals surface area contributed by atoms with Crippen molar-refractivity contribution < 1.29 is 9.59 Å². The van der Waals surface area contributed by atoms with Gasteiger partial charge >= 0.3 is 0 Å². The standard InChI is InChI=1S/C29H41N3O2/c1-3-5-12-24(4-2)23-30-27(33)17-18-28(34)31-19-21-32(22-20-31)29(25-13-8-6-9-14-25)26-15-10-7-11-16-26/h6-11,13-16,24,29H,3-5,12,17-23H2,1-2H3,(H,30,33)/t24-/m0/s1. The maximum Gasteiger partial charge on any atom is 0.223 e. The van der Waals surface area contributed by atoms with Crippen LogP contribution in [0.4, 0.5) is 0 Å². The highest BCUT2D eigenvalue weighted by Gasteiger charge is 2.28. The van der Waals surface area contributed by atoms with E-state index in [9.17, 15) is 9.59 Å². The van der Waals surface area contributed by atoms with Crippen LogP contribution in [0.15, 0.2) is 60.7 Å². The molecule has 0 saturated carbocycles. The van der Waals surface area contributed by atoms with Gasteiger partial charge in [0.1, 0.15) is 0 Å². The molecule has 1 fully saturated rings. The van der Waals surface area contributed by atoms with Gasteiger partial charge < -0.3 is 10.2 Å². The first-order valence-corrected chi connectivity index (χ1v) is 13.0. The molecule has 0 radical (unpaired) electrons. The number of unbranched alkanes of at least 4 members (excludes halogenated alkanes) is 1. The molecule has 0 unspecified atom stereocenters. The number of rotatable bonds is 12. The van der Waals surface area contributed by atoms with Gasteiger partial charge in [-0.3, -0.25) is 14.5 Å². The van der Waals surface area contributed by atoms with Gasteiger partial charge in [-0.2, -0.15) is 0 Å². The van der Waals surface area contributed by atoms with Crippen LogP contribution in [-0.4, -0.2) is 54.3 Å². The summed E-state index contributed by atoms with van der Waals surface area (Å²) >= 11 is 0. The van der Waals surface area contributed by atoms with E-state index in [1.54, 1.807) is 0 Å². The molecule has 2 aromatic carbocycles. The van der Waals surface area contributed by atoms with Gasteiger partial charge in [-0.1, -0.05) is 93.8 Å². The third-order valence-electron chi connectivity index (χ3n) is 6.96. The summed E-state index contributed by atoms with van der Waals surface area (Å²) in [6, 6.07) is 21.3. The molecule has 1 atom stereocenters. The van der Waals surface area contributed by atoms with Crippen LogP contribution in [0.1, 0.15) is 69.5 Å². The first-order valence-electron chi connectivity index (χ1n) is 13.0. The van der Waals surface area contributed by atoms with Crippen molar-refractivity contribution in [3.63, 3.8) is 0 Å². The molecule has 0 bridgehead atoms. The van der Waals surface area contributed by atoms with Gasteiger partial charge in [0.2, 0.25) is 11.8 Å². The van der Waals surface area contributed by atoms with Crippen molar-refractivity contribution in [2.45, 2.75) is 58.4 Å². The Morgan fingerprint density at radius 2 is 1.44 bits per heavy atom. The second kappa shape index (κ2) is 13.9. The van der Waals surface area contributed by atoms with Gasteiger partial charge in [0, 0.05) is 45.6 Å². The number of hydrogen-bond acceptors (Lipinski definition) is 3. The van der Waals surface area contributed by atoms with Crippen molar-refractivity contribution in [2.75, 3.05) is 32.7 Å². The van der Waals surface area contributed by atoms with Crippen molar-refractivity contribution in [1.29, 1.82) is 0 Å². The van der Waals surface area contributed by atoms with E-state index in [0.717, 1.165) is 32.5 Å². The number of carbonyl (C=O) groups is 2. The Morgan fingerprint density at radius 1 is 0.853 bits per heavy atom. The number of benzene rings is 2. The second-order valence-electron chi connectivity index (χ2n) is 9.36. The predicted octanol–water partition coefficient (Wildman–Crippen LogP) is 5.03. The van der Waals surface area contributed by atoms with Crippen LogP contribution in [-0.2, 0) is 9.59 Å². The molecule has 184 valence electrons. The number of amides is 2. The molecule has 1 saturated heterocycles. The fraction of sp³-hybridized carbons (Fsp3) is 0.517. The van der Waals surface area contributed by atoms with Crippen LogP contribution in [0.2, 0.25) is 0 Å². The molecule has 5 nitrogen and oxygen atoms in total. The lowest BCUT2D eigenvalue weighted by Crippen LogP contribution is -2.50. The number of piperazine rings is 1. The molecule has 5 heteroatoms. The summed E-state index contributed by atoms with van der Waals surface area (Å²) < 4.78 is 0. The molecular formula is C29H41N3O2. The zero-order chi connectivity index (χ0) is 24.2. The molecular weight excluding hydrogens is 422 g/mol. The quantitative estimate of drug-likeness (QED) is 0.480. The summed E-state index contributed by atoms with van der Waals surface area (Å²) in [4.78, 5) is 29.5. The largest absolute Gasteiger partial charge is 0.356 e. The molecule has 1 heterocycles. The molecule has 1 aliphatic heterocycles. The van der Waals surface area contributed by atoms with Crippen molar-refractivity contribution in [3.05, 3.63) is 71.8 Å². The minimum atomic E-state index is -0.00449. The first kappa shape index (κ1) is 26.0. The molecule has 0 spiro atoms. The lowest BCUT2D eigenvalue weighted by molar-refractivity contribution is -0.135.